The van der Waals surface area contributed by atoms with Gasteiger partial charge in [0.25, 0.3) is 0 Å². The van der Waals surface area contributed by atoms with E-state index in [0.29, 0.717) is 11.0 Å². The first kappa shape index (κ1) is 17.1. The van der Waals surface area contributed by atoms with Crippen molar-refractivity contribution in [2.24, 2.45) is 0 Å². The van der Waals surface area contributed by atoms with Crippen LogP contribution < -0.4 is 10.6 Å². The second kappa shape index (κ2) is 7.89. The van der Waals surface area contributed by atoms with Crippen molar-refractivity contribution >= 4 is 40.0 Å². The van der Waals surface area contributed by atoms with E-state index in [0.717, 1.165) is 35.5 Å². The fraction of sp³-hybridized carbons (Fsp3) is 0.300. The smallest absolute Gasteiger partial charge is 0.229 e. The van der Waals surface area contributed by atoms with Crippen LogP contribution in [0.15, 0.2) is 48.5 Å². The van der Waals surface area contributed by atoms with Crippen molar-refractivity contribution in [1.29, 1.82) is 0 Å². The molecule has 1 aromatic heterocycles. The minimum absolute atomic E-state index is 0.578. The van der Waals surface area contributed by atoms with Crippen LogP contribution in [0.2, 0.25) is 5.02 Å². The van der Waals surface area contributed by atoms with E-state index < -0.39 is 0 Å². The van der Waals surface area contributed by atoms with E-state index in [2.05, 4.69) is 26.6 Å². The van der Waals surface area contributed by atoms with Crippen LogP contribution in [-0.4, -0.2) is 41.0 Å². The second-order valence-electron chi connectivity index (χ2n) is 6.52. The average Bonchev–Trinajstić information content (AvgIpc) is 3.17. The molecular weight excluding hydrogens is 346 g/mol. The molecule has 0 atom stereocenters. The van der Waals surface area contributed by atoms with E-state index in [-0.39, 0.29) is 0 Å². The largest absolute Gasteiger partial charge is 0.368 e. The van der Waals surface area contributed by atoms with Gasteiger partial charge in [0.05, 0.1) is 5.52 Å². The molecule has 4 rings (SSSR count). The van der Waals surface area contributed by atoms with Gasteiger partial charge in [-0.25, -0.2) is 4.98 Å². The zero-order valence-corrected chi connectivity index (χ0v) is 15.3. The van der Waals surface area contributed by atoms with Crippen LogP contribution in [-0.2, 0) is 0 Å². The van der Waals surface area contributed by atoms with Gasteiger partial charge in [-0.05, 0) is 62.3 Å². The molecule has 1 saturated heterocycles. The SMILES string of the molecule is Clc1ccc(Nc2nc(NCCN3CCCC3)c3ccccc3n2)cc1. The predicted octanol–water partition coefficient (Wildman–Crippen LogP) is 4.53. The highest BCUT2D eigenvalue weighted by molar-refractivity contribution is 6.30. The quantitative estimate of drug-likeness (QED) is 0.670. The first-order chi connectivity index (χ1) is 12.8. The molecule has 5 nitrogen and oxygen atoms in total. The second-order valence-corrected chi connectivity index (χ2v) is 6.96. The van der Waals surface area contributed by atoms with Crippen molar-refractivity contribution in [3.05, 3.63) is 53.6 Å². The zero-order chi connectivity index (χ0) is 17.8. The van der Waals surface area contributed by atoms with Crippen LogP contribution in [0.5, 0.6) is 0 Å². The summed E-state index contributed by atoms with van der Waals surface area (Å²) in [7, 11) is 0. The monoisotopic (exact) mass is 367 g/mol. The number of anilines is 3. The number of fused-ring (bicyclic) bond motifs is 1. The Hall–Kier alpha value is -2.37. The molecule has 134 valence electrons. The number of aromatic nitrogens is 2. The summed E-state index contributed by atoms with van der Waals surface area (Å²) in [5.74, 6) is 1.45. The Morgan fingerprint density at radius 2 is 1.73 bits per heavy atom. The Kier molecular flexibility index (Phi) is 5.18. The van der Waals surface area contributed by atoms with Gasteiger partial charge in [0, 0.05) is 29.2 Å². The maximum absolute atomic E-state index is 5.96. The topological polar surface area (TPSA) is 53.1 Å². The van der Waals surface area contributed by atoms with Gasteiger partial charge in [-0.2, -0.15) is 4.98 Å². The van der Waals surface area contributed by atoms with E-state index in [1.165, 1.54) is 25.9 Å². The number of rotatable bonds is 6. The number of hydrogen-bond acceptors (Lipinski definition) is 5. The van der Waals surface area contributed by atoms with E-state index in [4.69, 9.17) is 16.6 Å². The van der Waals surface area contributed by atoms with Crippen molar-refractivity contribution in [3.63, 3.8) is 0 Å². The fourth-order valence-electron chi connectivity index (χ4n) is 3.27. The van der Waals surface area contributed by atoms with Crippen LogP contribution in [0.3, 0.4) is 0 Å². The van der Waals surface area contributed by atoms with Crippen LogP contribution in [0, 0.1) is 0 Å². The molecule has 26 heavy (non-hydrogen) atoms. The molecule has 0 unspecified atom stereocenters. The highest BCUT2D eigenvalue weighted by Crippen LogP contribution is 2.24. The summed E-state index contributed by atoms with van der Waals surface area (Å²) < 4.78 is 0. The summed E-state index contributed by atoms with van der Waals surface area (Å²) in [4.78, 5) is 11.8. The van der Waals surface area contributed by atoms with Crippen molar-refractivity contribution < 1.29 is 0 Å². The standard InChI is InChI=1S/C20H22ClN5/c21-15-7-9-16(10-8-15)23-20-24-18-6-2-1-5-17(18)19(25-20)22-11-14-26-12-3-4-13-26/h1-2,5-10H,3-4,11-14H2,(H2,22,23,24,25). The lowest BCUT2D eigenvalue weighted by molar-refractivity contribution is 0.352. The van der Waals surface area contributed by atoms with Gasteiger partial charge in [0.15, 0.2) is 0 Å². The first-order valence-electron chi connectivity index (χ1n) is 9.03. The van der Waals surface area contributed by atoms with Crippen molar-refractivity contribution in [2.75, 3.05) is 36.8 Å². The summed E-state index contributed by atoms with van der Waals surface area (Å²) >= 11 is 5.96. The molecule has 2 aromatic carbocycles. The molecule has 1 aliphatic heterocycles. The molecule has 1 fully saturated rings. The summed E-state index contributed by atoms with van der Waals surface area (Å²) in [6, 6.07) is 15.6. The number of nitrogens with zero attached hydrogens (tertiary/aromatic N) is 3. The van der Waals surface area contributed by atoms with Crippen LogP contribution in [0.1, 0.15) is 12.8 Å². The van der Waals surface area contributed by atoms with Crippen molar-refractivity contribution in [3.8, 4) is 0 Å². The maximum atomic E-state index is 5.96. The minimum atomic E-state index is 0.578. The molecule has 1 aliphatic rings. The third kappa shape index (κ3) is 4.06. The highest BCUT2D eigenvalue weighted by Gasteiger charge is 2.12. The Morgan fingerprint density at radius 3 is 2.54 bits per heavy atom. The zero-order valence-electron chi connectivity index (χ0n) is 14.6. The first-order valence-corrected chi connectivity index (χ1v) is 9.41. The maximum Gasteiger partial charge on any atom is 0.229 e. The number of likely N-dealkylation sites (tertiary alicyclic amines) is 1. The molecule has 2 N–H and O–H groups in total. The van der Waals surface area contributed by atoms with Gasteiger partial charge < -0.3 is 15.5 Å². The van der Waals surface area contributed by atoms with Gasteiger partial charge in [-0.3, -0.25) is 0 Å². The summed E-state index contributed by atoms with van der Waals surface area (Å²) in [6.45, 7) is 4.32. The Bertz CT molecular complexity index is 875. The fourth-order valence-corrected chi connectivity index (χ4v) is 3.39. The van der Waals surface area contributed by atoms with Gasteiger partial charge >= 0.3 is 0 Å². The Morgan fingerprint density at radius 1 is 0.962 bits per heavy atom. The molecule has 2 heterocycles. The van der Waals surface area contributed by atoms with E-state index in [9.17, 15) is 0 Å². The Labute approximate surface area is 158 Å². The number of benzene rings is 2. The summed E-state index contributed by atoms with van der Waals surface area (Å²) in [5, 5.41) is 8.51. The van der Waals surface area contributed by atoms with Crippen LogP contribution in [0.4, 0.5) is 17.5 Å². The van der Waals surface area contributed by atoms with E-state index in [1.54, 1.807) is 0 Å². The molecule has 6 heteroatoms. The molecule has 3 aromatic rings. The lowest BCUT2D eigenvalue weighted by Gasteiger charge is -2.16. The number of hydrogen-bond donors (Lipinski definition) is 2. The van der Waals surface area contributed by atoms with Gasteiger partial charge in [0.1, 0.15) is 5.82 Å². The number of para-hydroxylation sites is 1. The molecule has 0 saturated carbocycles. The normalized spacial score (nSPS) is 14.7. The molecule has 0 aliphatic carbocycles. The number of nitrogens with one attached hydrogen (secondary N) is 2. The van der Waals surface area contributed by atoms with E-state index in [1.807, 2.05) is 42.5 Å². The summed E-state index contributed by atoms with van der Waals surface area (Å²) in [6.07, 6.45) is 2.62. The van der Waals surface area contributed by atoms with Gasteiger partial charge in [-0.1, -0.05) is 23.7 Å². The average molecular weight is 368 g/mol. The summed E-state index contributed by atoms with van der Waals surface area (Å²) in [5.41, 5.74) is 1.83. The number of halogens is 1. The molecular formula is C20H22ClN5. The minimum Gasteiger partial charge on any atom is -0.368 e. The predicted molar refractivity (Wildman–Crippen MR) is 108 cm³/mol. The highest BCUT2D eigenvalue weighted by atomic mass is 35.5. The molecule has 0 amide bonds. The van der Waals surface area contributed by atoms with Gasteiger partial charge in [0.2, 0.25) is 5.95 Å². The Balaban J connectivity index is 1.54. The van der Waals surface area contributed by atoms with Crippen molar-refractivity contribution in [2.45, 2.75) is 12.8 Å². The van der Waals surface area contributed by atoms with E-state index >= 15 is 0 Å². The molecule has 0 radical (unpaired) electrons. The van der Waals surface area contributed by atoms with Gasteiger partial charge in [-0.15, -0.1) is 0 Å². The lowest BCUT2D eigenvalue weighted by atomic mass is 10.2. The lowest BCUT2D eigenvalue weighted by Crippen LogP contribution is -2.26. The third-order valence-corrected chi connectivity index (χ3v) is 4.87. The third-order valence-electron chi connectivity index (χ3n) is 4.62. The van der Waals surface area contributed by atoms with Crippen molar-refractivity contribution in [1.82, 2.24) is 14.9 Å². The van der Waals surface area contributed by atoms with Crippen LogP contribution in [0.25, 0.3) is 10.9 Å². The molecule has 0 spiro atoms. The molecule has 0 bridgehead atoms. The van der Waals surface area contributed by atoms with Crippen LogP contribution >= 0.6 is 11.6 Å².